The fraction of sp³-hybridized carbons (Fsp3) is 0. The molecule has 0 atom stereocenters. The zero-order chi connectivity index (χ0) is 15.5. The van der Waals surface area contributed by atoms with E-state index in [1.807, 2.05) is 6.07 Å². The Labute approximate surface area is 131 Å². The van der Waals surface area contributed by atoms with Gasteiger partial charge in [0.1, 0.15) is 0 Å². The van der Waals surface area contributed by atoms with E-state index in [1.165, 1.54) is 0 Å². The number of ether oxygens (including phenoxy) is 1. The molecule has 3 rings (SSSR count). The van der Waals surface area contributed by atoms with Crippen LogP contribution in [0.3, 0.4) is 0 Å². The molecular weight excluding hydrogens is 300 g/mol. The Morgan fingerprint density at radius 1 is 1.18 bits per heavy atom. The summed E-state index contributed by atoms with van der Waals surface area (Å²) in [4.78, 5) is 16.1. The molecule has 106 valence electrons. The maximum atomic E-state index is 11.9. The smallest absolute Gasteiger partial charge is 0.363 e. The number of hydrogen-bond acceptors (Lipinski definition) is 4. The van der Waals surface area contributed by atoms with E-state index >= 15 is 0 Å². The molecule has 4 nitrogen and oxygen atoms in total. The second kappa shape index (κ2) is 5.84. The average molecular weight is 309 g/mol. The van der Waals surface area contributed by atoms with Crippen molar-refractivity contribution in [1.29, 1.82) is 5.26 Å². The molecule has 0 saturated carbocycles. The molecule has 22 heavy (non-hydrogen) atoms. The van der Waals surface area contributed by atoms with E-state index < -0.39 is 5.97 Å². The summed E-state index contributed by atoms with van der Waals surface area (Å²) < 4.78 is 5.16. The molecule has 0 unspecified atom stereocenters. The second-order valence-electron chi connectivity index (χ2n) is 4.58. The molecule has 0 N–H and O–H groups in total. The largest absolute Gasteiger partial charge is 0.402 e. The van der Waals surface area contributed by atoms with Gasteiger partial charge < -0.3 is 4.74 Å². The van der Waals surface area contributed by atoms with Gasteiger partial charge in [-0.3, -0.25) is 0 Å². The first kappa shape index (κ1) is 14.1. The number of cyclic esters (lactones) is 1. The maximum Gasteiger partial charge on any atom is 0.363 e. The second-order valence-corrected chi connectivity index (χ2v) is 5.02. The van der Waals surface area contributed by atoms with Gasteiger partial charge in [0, 0.05) is 10.6 Å². The Morgan fingerprint density at radius 2 is 1.95 bits per heavy atom. The fourth-order valence-electron chi connectivity index (χ4n) is 1.97. The highest BCUT2D eigenvalue weighted by Crippen LogP contribution is 2.21. The van der Waals surface area contributed by atoms with E-state index in [-0.39, 0.29) is 11.6 Å². The predicted molar refractivity (Wildman–Crippen MR) is 83.2 cm³/mol. The van der Waals surface area contributed by atoms with Crippen LogP contribution < -0.4 is 0 Å². The van der Waals surface area contributed by atoms with Crippen LogP contribution in [0.2, 0.25) is 5.02 Å². The third kappa shape index (κ3) is 2.90. The molecule has 0 aliphatic carbocycles. The molecule has 0 spiro atoms. The van der Waals surface area contributed by atoms with Gasteiger partial charge in [0.15, 0.2) is 5.70 Å². The Balaban J connectivity index is 1.92. The van der Waals surface area contributed by atoms with Gasteiger partial charge in [-0.25, -0.2) is 9.79 Å². The van der Waals surface area contributed by atoms with Gasteiger partial charge in [0.05, 0.1) is 11.6 Å². The summed E-state index contributed by atoms with van der Waals surface area (Å²) in [7, 11) is 0. The molecule has 0 radical (unpaired) electrons. The van der Waals surface area contributed by atoms with Gasteiger partial charge in [-0.1, -0.05) is 29.8 Å². The van der Waals surface area contributed by atoms with E-state index in [1.54, 1.807) is 54.6 Å². The van der Waals surface area contributed by atoms with Crippen LogP contribution >= 0.6 is 11.6 Å². The molecule has 2 aromatic carbocycles. The molecule has 5 heteroatoms. The summed E-state index contributed by atoms with van der Waals surface area (Å²) in [6.45, 7) is 0. The number of carbonyl (C=O) groups excluding carboxylic acids is 1. The quantitative estimate of drug-likeness (QED) is 0.629. The van der Waals surface area contributed by atoms with Gasteiger partial charge in [-0.2, -0.15) is 5.26 Å². The van der Waals surface area contributed by atoms with Crippen molar-refractivity contribution in [3.63, 3.8) is 0 Å². The van der Waals surface area contributed by atoms with Gasteiger partial charge in [0.2, 0.25) is 5.90 Å². The van der Waals surface area contributed by atoms with Crippen LogP contribution in [-0.2, 0) is 9.53 Å². The molecular formula is C17H9ClN2O2. The van der Waals surface area contributed by atoms with Crippen LogP contribution in [0.5, 0.6) is 0 Å². The number of carbonyl (C=O) groups is 1. The van der Waals surface area contributed by atoms with Gasteiger partial charge >= 0.3 is 5.97 Å². The summed E-state index contributed by atoms with van der Waals surface area (Å²) in [6.07, 6.45) is 1.61. The number of hydrogen-bond donors (Lipinski definition) is 0. The molecule has 0 saturated heterocycles. The van der Waals surface area contributed by atoms with Crippen LogP contribution in [0.1, 0.15) is 16.7 Å². The number of nitriles is 1. The Kier molecular flexibility index (Phi) is 3.73. The number of halogens is 1. The van der Waals surface area contributed by atoms with Crippen LogP contribution in [0.15, 0.2) is 59.2 Å². The monoisotopic (exact) mass is 308 g/mol. The van der Waals surface area contributed by atoms with Gasteiger partial charge in [0.25, 0.3) is 0 Å². The lowest BCUT2D eigenvalue weighted by atomic mass is 10.1. The zero-order valence-electron chi connectivity index (χ0n) is 11.3. The maximum absolute atomic E-state index is 11.9. The lowest BCUT2D eigenvalue weighted by molar-refractivity contribution is -0.129. The lowest BCUT2D eigenvalue weighted by Crippen LogP contribution is -2.05. The van der Waals surface area contributed by atoms with Crippen LogP contribution in [0, 0.1) is 11.3 Å². The molecule has 0 bridgehead atoms. The topological polar surface area (TPSA) is 62.4 Å². The standard InChI is InChI=1S/C17H9ClN2O2/c18-14-3-1-2-13(9-14)16-20-15(17(21)22-16)8-11-4-6-12(10-19)7-5-11/h1-9H/b15-8-. The highest BCUT2D eigenvalue weighted by Gasteiger charge is 2.24. The summed E-state index contributed by atoms with van der Waals surface area (Å²) in [5.41, 5.74) is 2.17. The number of nitrogens with zero attached hydrogens (tertiary/aromatic N) is 2. The molecule has 1 aliphatic heterocycles. The van der Waals surface area contributed by atoms with E-state index in [2.05, 4.69) is 4.99 Å². The van der Waals surface area contributed by atoms with E-state index in [4.69, 9.17) is 21.6 Å². The lowest BCUT2D eigenvalue weighted by Gasteiger charge is -1.98. The van der Waals surface area contributed by atoms with Crippen molar-refractivity contribution in [2.45, 2.75) is 0 Å². The molecule has 0 fully saturated rings. The minimum absolute atomic E-state index is 0.208. The highest BCUT2D eigenvalue weighted by atomic mass is 35.5. The van der Waals surface area contributed by atoms with Crippen LogP contribution in [0.25, 0.3) is 6.08 Å². The molecule has 2 aromatic rings. The average Bonchev–Trinajstić information content (AvgIpc) is 2.89. The molecule has 1 heterocycles. The minimum atomic E-state index is -0.515. The van der Waals surface area contributed by atoms with Crippen molar-refractivity contribution in [3.05, 3.63) is 75.9 Å². The Bertz CT molecular complexity index is 846. The fourth-order valence-corrected chi connectivity index (χ4v) is 2.16. The minimum Gasteiger partial charge on any atom is -0.402 e. The van der Waals surface area contributed by atoms with Crippen molar-refractivity contribution in [1.82, 2.24) is 0 Å². The summed E-state index contributed by atoms with van der Waals surface area (Å²) in [5, 5.41) is 9.31. The van der Waals surface area contributed by atoms with E-state index in [9.17, 15) is 4.79 Å². The number of esters is 1. The van der Waals surface area contributed by atoms with Crippen molar-refractivity contribution in [2.75, 3.05) is 0 Å². The van der Waals surface area contributed by atoms with Crippen LogP contribution in [-0.4, -0.2) is 11.9 Å². The van der Waals surface area contributed by atoms with Crippen molar-refractivity contribution >= 4 is 29.5 Å². The number of benzene rings is 2. The normalized spacial score (nSPS) is 15.4. The SMILES string of the molecule is N#Cc1ccc(/C=C2\N=C(c3cccc(Cl)c3)OC2=O)cc1. The summed E-state index contributed by atoms with van der Waals surface area (Å²) in [6, 6.07) is 15.8. The Hall–Kier alpha value is -2.90. The summed E-state index contributed by atoms with van der Waals surface area (Å²) >= 11 is 5.92. The Morgan fingerprint density at radius 3 is 2.64 bits per heavy atom. The number of aliphatic imine (C=N–C) groups is 1. The first-order chi connectivity index (χ1) is 10.7. The number of rotatable bonds is 2. The van der Waals surface area contributed by atoms with E-state index in [0.29, 0.717) is 16.1 Å². The van der Waals surface area contributed by atoms with Crippen molar-refractivity contribution in [2.24, 2.45) is 4.99 Å². The van der Waals surface area contributed by atoms with Crippen LogP contribution in [0.4, 0.5) is 0 Å². The predicted octanol–water partition coefficient (Wildman–Crippen LogP) is 3.56. The highest BCUT2D eigenvalue weighted by molar-refractivity contribution is 6.31. The van der Waals surface area contributed by atoms with Gasteiger partial charge in [-0.05, 0) is 42.0 Å². The molecule has 0 amide bonds. The molecule has 1 aliphatic rings. The molecule has 0 aromatic heterocycles. The zero-order valence-corrected chi connectivity index (χ0v) is 12.0. The summed E-state index contributed by atoms with van der Waals surface area (Å²) in [5.74, 6) is -0.285. The van der Waals surface area contributed by atoms with Crippen molar-refractivity contribution < 1.29 is 9.53 Å². The third-order valence-electron chi connectivity index (χ3n) is 3.04. The third-order valence-corrected chi connectivity index (χ3v) is 3.27. The first-order valence-corrected chi connectivity index (χ1v) is 6.82. The first-order valence-electron chi connectivity index (χ1n) is 6.44. The van der Waals surface area contributed by atoms with Crippen molar-refractivity contribution in [3.8, 4) is 6.07 Å². The van der Waals surface area contributed by atoms with E-state index in [0.717, 1.165) is 5.56 Å². The van der Waals surface area contributed by atoms with Gasteiger partial charge in [-0.15, -0.1) is 0 Å².